The molecule has 0 bridgehead atoms. The molecule has 62 valence electrons. The molecular formula is C8H6NOS2-. The number of fused-ring (bicyclic) bond motifs is 1. The van der Waals surface area contributed by atoms with E-state index in [4.69, 9.17) is 17.4 Å². The van der Waals surface area contributed by atoms with Crippen molar-refractivity contribution in [1.29, 1.82) is 0 Å². The topological polar surface area (TPSA) is 22.1 Å². The predicted octanol–water partition coefficient (Wildman–Crippen LogP) is 2.21. The third-order valence-corrected chi connectivity index (χ3v) is 2.75. The Balaban J connectivity index is 2.66. The normalized spacial score (nSPS) is 10.4. The molecule has 2 nitrogen and oxygen atoms in total. The van der Waals surface area contributed by atoms with Crippen LogP contribution in [0, 0.1) is 0 Å². The fraction of sp³-hybridized carbons (Fsp3) is 0.125. The Labute approximate surface area is 79.6 Å². The summed E-state index contributed by atoms with van der Waals surface area (Å²) in [5.41, 5.74) is 0.921. The van der Waals surface area contributed by atoms with Gasteiger partial charge in [0.15, 0.2) is 0 Å². The number of aromatic nitrogens is 1. The summed E-state index contributed by atoms with van der Waals surface area (Å²) in [5, 5.41) is 0. The van der Waals surface area contributed by atoms with Crippen LogP contribution in [0.3, 0.4) is 0 Å². The molecule has 0 radical (unpaired) electrons. The van der Waals surface area contributed by atoms with Crippen LogP contribution >= 0.6 is 11.3 Å². The lowest BCUT2D eigenvalue weighted by molar-refractivity contribution is 0.415. The van der Waals surface area contributed by atoms with Crippen LogP contribution < -0.4 is 4.74 Å². The van der Waals surface area contributed by atoms with E-state index in [1.165, 1.54) is 11.3 Å². The largest absolute Gasteiger partial charge is 0.497 e. The Hall–Kier alpha value is -0.870. The number of benzene rings is 1. The van der Waals surface area contributed by atoms with Crippen LogP contribution in [0.5, 0.6) is 5.75 Å². The van der Waals surface area contributed by atoms with E-state index in [2.05, 4.69) is 4.98 Å². The van der Waals surface area contributed by atoms with Crippen molar-refractivity contribution in [3.8, 4) is 5.75 Å². The van der Waals surface area contributed by atoms with Crippen LogP contribution in [0.2, 0.25) is 0 Å². The summed E-state index contributed by atoms with van der Waals surface area (Å²) in [6.07, 6.45) is 0. The molecule has 0 aliphatic carbocycles. The van der Waals surface area contributed by atoms with E-state index in [1.54, 1.807) is 7.11 Å². The Morgan fingerprint density at radius 3 is 3.08 bits per heavy atom. The predicted molar refractivity (Wildman–Crippen MR) is 51.8 cm³/mol. The van der Waals surface area contributed by atoms with Crippen LogP contribution in [-0.2, 0) is 12.6 Å². The fourth-order valence-electron chi connectivity index (χ4n) is 1.01. The lowest BCUT2D eigenvalue weighted by Crippen LogP contribution is -1.80. The molecule has 0 spiro atoms. The van der Waals surface area contributed by atoms with Crippen molar-refractivity contribution in [3.05, 3.63) is 18.2 Å². The van der Waals surface area contributed by atoms with Crippen molar-refractivity contribution in [3.63, 3.8) is 0 Å². The van der Waals surface area contributed by atoms with E-state index in [1.807, 2.05) is 18.2 Å². The van der Waals surface area contributed by atoms with Crippen LogP contribution in [-0.4, -0.2) is 12.1 Å². The zero-order valence-corrected chi connectivity index (χ0v) is 8.04. The SMILES string of the molecule is COc1ccc2sc([S-])nc2c1. The molecule has 0 atom stereocenters. The Morgan fingerprint density at radius 1 is 1.50 bits per heavy atom. The van der Waals surface area contributed by atoms with Gasteiger partial charge >= 0.3 is 0 Å². The van der Waals surface area contributed by atoms with E-state index >= 15 is 0 Å². The summed E-state index contributed by atoms with van der Waals surface area (Å²) in [5.74, 6) is 0.822. The van der Waals surface area contributed by atoms with Gasteiger partial charge in [-0.1, -0.05) is 6.07 Å². The first-order chi connectivity index (χ1) is 5.79. The number of nitrogens with zero attached hydrogens (tertiary/aromatic N) is 1. The molecule has 0 saturated carbocycles. The average molecular weight is 196 g/mol. The molecule has 0 N–H and O–H groups in total. The van der Waals surface area contributed by atoms with Crippen LogP contribution in [0.15, 0.2) is 22.5 Å². The number of hydrogen-bond acceptors (Lipinski definition) is 4. The van der Waals surface area contributed by atoms with Gasteiger partial charge in [0.05, 0.1) is 12.6 Å². The minimum absolute atomic E-state index is 0.679. The molecule has 0 aliphatic rings. The first-order valence-corrected chi connectivity index (χ1v) is 4.63. The first kappa shape index (κ1) is 7.76. The number of rotatable bonds is 1. The third kappa shape index (κ3) is 1.23. The molecular weight excluding hydrogens is 190 g/mol. The highest BCUT2D eigenvalue weighted by molar-refractivity contribution is 7.63. The average Bonchev–Trinajstić information content (AvgIpc) is 2.43. The summed E-state index contributed by atoms with van der Waals surface area (Å²) in [7, 11) is 1.64. The summed E-state index contributed by atoms with van der Waals surface area (Å²) in [6, 6.07) is 5.78. The van der Waals surface area contributed by atoms with Crippen molar-refractivity contribution in [2.45, 2.75) is 4.34 Å². The van der Waals surface area contributed by atoms with Crippen LogP contribution in [0.25, 0.3) is 10.2 Å². The van der Waals surface area contributed by atoms with Crippen molar-refractivity contribution in [1.82, 2.24) is 4.98 Å². The quantitative estimate of drug-likeness (QED) is 0.653. The smallest absolute Gasteiger partial charge is 0.120 e. The van der Waals surface area contributed by atoms with Crippen molar-refractivity contribution < 1.29 is 4.74 Å². The lowest BCUT2D eigenvalue weighted by Gasteiger charge is -1.97. The molecule has 0 amide bonds. The minimum atomic E-state index is 0.679. The van der Waals surface area contributed by atoms with Gasteiger partial charge < -0.3 is 28.7 Å². The first-order valence-electron chi connectivity index (χ1n) is 3.41. The highest BCUT2D eigenvalue weighted by Gasteiger charge is 1.95. The Kier molecular flexibility index (Phi) is 1.86. The Morgan fingerprint density at radius 2 is 2.33 bits per heavy atom. The highest BCUT2D eigenvalue weighted by Crippen LogP contribution is 2.25. The van der Waals surface area contributed by atoms with E-state index in [-0.39, 0.29) is 0 Å². The summed E-state index contributed by atoms with van der Waals surface area (Å²) < 4.78 is 6.85. The third-order valence-electron chi connectivity index (χ3n) is 1.58. The zero-order chi connectivity index (χ0) is 8.55. The maximum absolute atomic E-state index is 5.06. The fourth-order valence-corrected chi connectivity index (χ4v) is 2.06. The minimum Gasteiger partial charge on any atom is -0.497 e. The molecule has 1 aromatic carbocycles. The summed E-state index contributed by atoms with van der Waals surface area (Å²) in [4.78, 5) is 4.18. The monoisotopic (exact) mass is 196 g/mol. The number of hydrogen-bond donors (Lipinski definition) is 0. The number of ether oxygens (including phenoxy) is 1. The standard InChI is InChI=1S/C8H7NOS2/c1-10-5-2-3-7-6(4-5)9-8(11)12-7/h2-4H,1H3,(H,9,11)/p-1. The molecule has 1 aromatic heterocycles. The molecule has 12 heavy (non-hydrogen) atoms. The second kappa shape index (κ2) is 2.88. The van der Waals surface area contributed by atoms with E-state index < -0.39 is 0 Å². The van der Waals surface area contributed by atoms with E-state index in [0.29, 0.717) is 4.34 Å². The molecule has 0 unspecified atom stereocenters. The Bertz CT molecular complexity index is 410. The number of thiazole rings is 1. The number of methoxy groups -OCH3 is 1. The van der Waals surface area contributed by atoms with Crippen LogP contribution in [0.4, 0.5) is 0 Å². The van der Waals surface area contributed by atoms with E-state index in [9.17, 15) is 0 Å². The van der Waals surface area contributed by atoms with Gasteiger partial charge in [0.25, 0.3) is 0 Å². The van der Waals surface area contributed by atoms with Gasteiger partial charge in [-0.15, -0.1) is 0 Å². The molecule has 2 aromatic rings. The molecule has 0 saturated heterocycles. The van der Waals surface area contributed by atoms with Gasteiger partial charge in [0, 0.05) is 6.07 Å². The molecule has 0 aliphatic heterocycles. The molecule has 4 heteroatoms. The molecule has 2 rings (SSSR count). The van der Waals surface area contributed by atoms with Crippen LogP contribution in [0.1, 0.15) is 0 Å². The zero-order valence-electron chi connectivity index (χ0n) is 6.40. The van der Waals surface area contributed by atoms with Gasteiger partial charge in [-0.3, -0.25) is 4.98 Å². The van der Waals surface area contributed by atoms with E-state index in [0.717, 1.165) is 16.0 Å². The van der Waals surface area contributed by atoms with Gasteiger partial charge in [-0.2, -0.15) is 0 Å². The summed E-state index contributed by atoms with van der Waals surface area (Å²) in [6.45, 7) is 0. The van der Waals surface area contributed by atoms with Crippen molar-refractivity contribution >= 4 is 34.2 Å². The summed E-state index contributed by atoms with van der Waals surface area (Å²) >= 11 is 6.48. The lowest BCUT2D eigenvalue weighted by atomic mass is 10.3. The van der Waals surface area contributed by atoms with Gasteiger partial charge in [-0.05, 0) is 15.1 Å². The van der Waals surface area contributed by atoms with Gasteiger partial charge in [0.1, 0.15) is 5.75 Å². The van der Waals surface area contributed by atoms with Gasteiger partial charge in [-0.25, -0.2) is 0 Å². The highest BCUT2D eigenvalue weighted by atomic mass is 32.2. The second-order valence-corrected chi connectivity index (χ2v) is 3.99. The second-order valence-electron chi connectivity index (χ2n) is 2.31. The molecule has 0 fully saturated rings. The maximum atomic E-state index is 5.06. The van der Waals surface area contributed by atoms with Crippen molar-refractivity contribution in [2.24, 2.45) is 0 Å². The van der Waals surface area contributed by atoms with Gasteiger partial charge in [0.2, 0.25) is 0 Å². The van der Waals surface area contributed by atoms with Crippen molar-refractivity contribution in [2.75, 3.05) is 7.11 Å². The maximum Gasteiger partial charge on any atom is 0.120 e. The molecule has 1 heterocycles.